The second kappa shape index (κ2) is 21.5. The highest BCUT2D eigenvalue weighted by atomic mass is 79.9. The fraction of sp³-hybridized carbons (Fsp3) is 0.855. The summed E-state index contributed by atoms with van der Waals surface area (Å²) in [6.07, 6.45) is 27.7. The number of hydrogen-bond donors (Lipinski definition) is 2. The predicted octanol–water partition coefficient (Wildman–Crippen LogP) is 11.1. The topological polar surface area (TPSA) is 123 Å². The normalized spacial score (nSPS) is 45.2. The molecule has 9 nitrogen and oxygen atoms in total. The summed E-state index contributed by atoms with van der Waals surface area (Å²) in [5, 5.41) is 26.5. The monoisotopic (exact) mass is 968 g/mol. The summed E-state index contributed by atoms with van der Waals surface area (Å²) < 4.78 is 13.0. The molecule has 2 N–H and O–H groups in total. The summed E-state index contributed by atoms with van der Waals surface area (Å²) in [7, 11) is 3.62. The molecule has 0 aromatic carbocycles. The molecule has 0 bridgehead atoms. The van der Waals surface area contributed by atoms with Crippen LogP contribution >= 0.6 is 15.9 Å². The van der Waals surface area contributed by atoms with Gasteiger partial charge in [0.1, 0.15) is 5.78 Å². The number of aliphatic imine (C=N–C) groups is 1. The molecular formula is C55H90BrN3O6. The number of aliphatic hydroxyl groups is 2. The summed E-state index contributed by atoms with van der Waals surface area (Å²) >= 11 is 3.43. The third-order valence-corrected chi connectivity index (χ3v) is 20.3. The van der Waals surface area contributed by atoms with E-state index in [0.717, 1.165) is 87.9 Å². The van der Waals surface area contributed by atoms with Crippen molar-refractivity contribution >= 4 is 33.7 Å². The highest BCUT2D eigenvalue weighted by molar-refractivity contribution is 9.09. The fourth-order valence-electron chi connectivity index (χ4n) is 17.8. The van der Waals surface area contributed by atoms with E-state index in [4.69, 9.17) is 9.47 Å². The van der Waals surface area contributed by atoms with Crippen LogP contribution in [0, 0.1) is 93.7 Å². The van der Waals surface area contributed by atoms with Crippen molar-refractivity contribution in [3.63, 3.8) is 0 Å². The first kappa shape index (κ1) is 52.6. The zero-order chi connectivity index (χ0) is 44.7. The lowest BCUT2D eigenvalue weighted by Gasteiger charge is -2.58. The molecule has 10 rings (SSSR count). The van der Waals surface area contributed by atoms with Gasteiger partial charge in [0.25, 0.3) is 0 Å². The second-order valence-corrected chi connectivity index (χ2v) is 24.1. The number of Topliss-reactive ketones (excluding diaryl/α,β-unsaturated/α-hetero) is 2. The molecular weight excluding hydrogens is 879 g/mol. The number of rotatable bonds is 9. The molecule has 8 saturated carbocycles. The van der Waals surface area contributed by atoms with Gasteiger partial charge < -0.3 is 19.7 Å². The summed E-state index contributed by atoms with van der Waals surface area (Å²) in [6.45, 7) is 11.8. The van der Waals surface area contributed by atoms with Gasteiger partial charge >= 0.3 is 0 Å². The van der Waals surface area contributed by atoms with Gasteiger partial charge in [0.2, 0.25) is 0 Å². The Hall–Kier alpha value is -1.72. The lowest BCUT2D eigenvalue weighted by atomic mass is 9.47. The number of carbonyl (C=O) groups is 2. The number of hydrogen-bond acceptors (Lipinski definition) is 8. The second-order valence-electron chi connectivity index (χ2n) is 23.5. The Labute approximate surface area is 402 Å². The van der Waals surface area contributed by atoms with E-state index in [0.29, 0.717) is 64.9 Å². The van der Waals surface area contributed by atoms with Gasteiger partial charge in [0.05, 0.1) is 29.6 Å². The van der Waals surface area contributed by atoms with Gasteiger partial charge in [-0.3, -0.25) is 19.3 Å². The van der Waals surface area contributed by atoms with Crippen molar-refractivity contribution < 1.29 is 29.3 Å². The van der Waals surface area contributed by atoms with E-state index < -0.39 is 11.2 Å². The molecule has 0 spiro atoms. The molecule has 0 amide bonds. The van der Waals surface area contributed by atoms with Crippen LogP contribution in [-0.4, -0.2) is 88.3 Å². The van der Waals surface area contributed by atoms with Gasteiger partial charge in [-0.1, -0.05) is 50.7 Å². The lowest BCUT2D eigenvalue weighted by molar-refractivity contribution is -0.143. The van der Waals surface area contributed by atoms with Crippen LogP contribution in [0.1, 0.15) is 145 Å². The summed E-state index contributed by atoms with van der Waals surface area (Å²) in [6, 6.07) is 1.90. The third-order valence-electron chi connectivity index (χ3n) is 19.8. The number of halogens is 1. The van der Waals surface area contributed by atoms with Gasteiger partial charge in [-0.15, -0.1) is 0 Å². The number of aromatic nitrogens is 2. The molecule has 10 heteroatoms. The van der Waals surface area contributed by atoms with Crippen LogP contribution in [0.4, 0.5) is 0 Å². The van der Waals surface area contributed by atoms with Crippen LogP contribution < -0.4 is 0 Å². The third kappa shape index (κ3) is 10.6. The Morgan fingerprint density at radius 2 is 1.20 bits per heavy atom. The SMILES string of the molecule is C.C.C1=CCN=C1.COC[C@@H]1C[C@@](C)(O)C[C@@H]2CC[C@@H]3[C@H](CC[C@]4(C)[C@@H](C(=O)CBr)CC[C@@H]34)C12.COC[C@@H]1C[C@@](C)(O)C[C@@H]2CC[C@@H]3[C@H](CC[C@]4(C)[C@@H](C(=O)Cn5cccn5)CC[C@@H]34)C12. The average Bonchev–Trinajstić information content (AvgIpc) is 4.08. The molecule has 18 atom stereocenters. The van der Waals surface area contributed by atoms with Crippen LogP contribution in [0.2, 0.25) is 0 Å². The van der Waals surface area contributed by atoms with Crippen LogP contribution in [0.5, 0.6) is 0 Å². The first-order chi connectivity index (χ1) is 30.1. The average molecular weight is 969 g/mol. The molecule has 368 valence electrons. The van der Waals surface area contributed by atoms with Gasteiger partial charge in [-0.2, -0.15) is 5.10 Å². The fourth-order valence-corrected chi connectivity index (χ4v) is 18.2. The molecule has 0 saturated heterocycles. The first-order valence-electron chi connectivity index (χ1n) is 25.3. The Kier molecular flexibility index (Phi) is 17.4. The van der Waals surface area contributed by atoms with Crippen molar-refractivity contribution in [1.29, 1.82) is 0 Å². The number of allylic oxidation sites excluding steroid dienone is 1. The van der Waals surface area contributed by atoms with E-state index in [1.807, 2.05) is 52.5 Å². The van der Waals surface area contributed by atoms with Crippen molar-refractivity contribution in [2.75, 3.05) is 39.3 Å². The van der Waals surface area contributed by atoms with Crippen LogP contribution in [0.3, 0.4) is 0 Å². The standard InChI is InChI=1S/C26H40N2O3.C23H37BrO3.C4H5N.2CH4/c1-25(30)13-17-5-6-19-20(24(17)18(14-25)16-31-3)9-10-26(2)21(19)7-8-22(26)23(29)15-28-12-4-11-27-28;1-22(26)10-14-4-5-16-17(21(14)15(11-22)13-27-3)8-9-23(2)18(16)6-7-19(23)20(25)12-24;1-2-4-5-3-1;;/h4,11-12,17-22,24,30H,5-10,13-16H2,1-3H3;14-19,21,26H,4-13H2,1-3H3;1-3H,4H2;2*1H4/t17-,18-,19+,20-,21-,22+,24?,25-,26-;14-,15-,16+,17-,18-,19+,21?,22-,23-;;;/m00.../s1. The first-order valence-corrected chi connectivity index (χ1v) is 26.4. The Morgan fingerprint density at radius 3 is 1.60 bits per heavy atom. The maximum atomic E-state index is 13.3. The van der Waals surface area contributed by atoms with Gasteiger partial charge in [0.15, 0.2) is 5.78 Å². The molecule has 1 aromatic rings. The van der Waals surface area contributed by atoms with E-state index in [9.17, 15) is 19.8 Å². The van der Waals surface area contributed by atoms with Crippen molar-refractivity contribution in [3.8, 4) is 0 Å². The number of alkyl halides is 1. The summed E-state index contributed by atoms with van der Waals surface area (Å²) in [5.41, 5.74) is -0.705. The number of carbonyl (C=O) groups excluding carboxylic acids is 2. The Morgan fingerprint density at radius 1 is 0.692 bits per heavy atom. The molecule has 9 aliphatic rings. The van der Waals surface area contributed by atoms with Gasteiger partial charge in [-0.05, 0) is 211 Å². The predicted molar refractivity (Wildman–Crippen MR) is 266 cm³/mol. The van der Waals surface area contributed by atoms with E-state index in [1.165, 1.54) is 64.2 Å². The highest BCUT2D eigenvalue weighted by Crippen LogP contribution is 2.67. The highest BCUT2D eigenvalue weighted by Gasteiger charge is 2.62. The molecule has 2 heterocycles. The van der Waals surface area contributed by atoms with Crippen LogP contribution in [-0.2, 0) is 25.6 Å². The molecule has 2 unspecified atom stereocenters. The maximum Gasteiger partial charge on any atom is 0.157 e. The Bertz CT molecular complexity index is 1770. The largest absolute Gasteiger partial charge is 0.390 e. The van der Waals surface area contributed by atoms with E-state index >= 15 is 0 Å². The molecule has 65 heavy (non-hydrogen) atoms. The minimum absolute atomic E-state index is 0. The minimum atomic E-state index is -0.544. The zero-order valence-electron chi connectivity index (χ0n) is 39.6. The van der Waals surface area contributed by atoms with E-state index in [-0.39, 0.29) is 37.5 Å². The van der Waals surface area contributed by atoms with Crippen molar-refractivity contribution in [3.05, 3.63) is 30.6 Å². The Balaban J connectivity index is 0.000000190. The van der Waals surface area contributed by atoms with E-state index in [2.05, 4.69) is 39.9 Å². The molecule has 0 radical (unpaired) electrons. The quantitative estimate of drug-likeness (QED) is 0.236. The zero-order valence-corrected chi connectivity index (χ0v) is 41.2. The number of methoxy groups -OCH3 is 2. The number of nitrogens with zero attached hydrogens (tertiary/aromatic N) is 3. The smallest absolute Gasteiger partial charge is 0.157 e. The molecule has 8 fully saturated rings. The van der Waals surface area contributed by atoms with Crippen LogP contribution in [0.15, 0.2) is 35.6 Å². The number of fused-ring (bicyclic) bond motifs is 10. The van der Waals surface area contributed by atoms with Crippen molar-refractivity contribution in [2.45, 2.75) is 163 Å². The number of ketones is 2. The van der Waals surface area contributed by atoms with Crippen LogP contribution in [0.25, 0.3) is 0 Å². The lowest BCUT2D eigenvalue weighted by Crippen LogP contribution is -2.54. The van der Waals surface area contributed by atoms with E-state index in [1.54, 1.807) is 17.1 Å². The van der Waals surface area contributed by atoms with Gasteiger partial charge in [-0.25, -0.2) is 0 Å². The maximum absolute atomic E-state index is 13.3. The molecule has 8 aliphatic carbocycles. The van der Waals surface area contributed by atoms with Crippen molar-refractivity contribution in [1.82, 2.24) is 9.78 Å². The van der Waals surface area contributed by atoms with Gasteiger partial charge in [0, 0.05) is 57.9 Å². The van der Waals surface area contributed by atoms with Crippen molar-refractivity contribution in [2.24, 2.45) is 98.7 Å². The molecule has 1 aromatic heterocycles. The summed E-state index contributed by atoms with van der Waals surface area (Å²) in [5.74, 6) is 9.32. The minimum Gasteiger partial charge on any atom is -0.390 e. The summed E-state index contributed by atoms with van der Waals surface area (Å²) in [4.78, 5) is 29.7. The number of ether oxygens (including phenoxy) is 2. The molecule has 1 aliphatic heterocycles.